The Morgan fingerprint density at radius 1 is 1.19 bits per heavy atom. The Morgan fingerprint density at radius 2 is 1.94 bits per heavy atom. The molecule has 2 aromatic rings. The van der Waals surface area contributed by atoms with Gasteiger partial charge in [-0.3, -0.25) is 0 Å². The molecule has 0 saturated carbocycles. The lowest BCUT2D eigenvalue weighted by atomic mass is 10.2. The van der Waals surface area contributed by atoms with Crippen molar-refractivity contribution in [2.24, 2.45) is 0 Å². The number of nitrogens with one attached hydrogen (secondary N) is 1. The van der Waals surface area contributed by atoms with E-state index in [0.717, 1.165) is 11.9 Å². The van der Waals surface area contributed by atoms with E-state index in [1.165, 1.54) is 0 Å². The molecule has 4 nitrogen and oxygen atoms in total. The van der Waals surface area contributed by atoms with Crippen LogP contribution in [0.25, 0.3) is 0 Å². The van der Waals surface area contributed by atoms with Crippen molar-refractivity contribution in [2.75, 3.05) is 11.1 Å². The maximum Gasteiger partial charge on any atom is 0.241 e. The standard InChI is InChI=1S/C11H11FN4/c12-10-9(13)11(16-7-15-10)14-6-8-4-2-1-3-5-8/h1-5,7H,6,13H2,(H,14,15,16). The summed E-state index contributed by atoms with van der Waals surface area (Å²) in [5.74, 6) is -0.387. The highest BCUT2D eigenvalue weighted by Gasteiger charge is 2.06. The third-order valence-electron chi connectivity index (χ3n) is 2.14. The van der Waals surface area contributed by atoms with Gasteiger partial charge >= 0.3 is 0 Å². The van der Waals surface area contributed by atoms with Crippen molar-refractivity contribution in [1.29, 1.82) is 0 Å². The first-order chi connectivity index (χ1) is 7.77. The molecule has 0 aliphatic carbocycles. The highest BCUT2D eigenvalue weighted by Crippen LogP contribution is 2.16. The zero-order valence-electron chi connectivity index (χ0n) is 8.52. The summed E-state index contributed by atoms with van der Waals surface area (Å²) in [5, 5.41) is 2.95. The van der Waals surface area contributed by atoms with Crippen molar-refractivity contribution in [2.45, 2.75) is 6.54 Å². The summed E-state index contributed by atoms with van der Waals surface area (Å²) in [7, 11) is 0. The lowest BCUT2D eigenvalue weighted by molar-refractivity contribution is 0.585. The molecule has 0 saturated heterocycles. The summed E-state index contributed by atoms with van der Waals surface area (Å²) in [4.78, 5) is 7.22. The van der Waals surface area contributed by atoms with Crippen LogP contribution in [-0.4, -0.2) is 9.97 Å². The molecule has 0 spiro atoms. The predicted molar refractivity (Wildman–Crippen MR) is 60.2 cm³/mol. The normalized spacial score (nSPS) is 10.1. The van der Waals surface area contributed by atoms with E-state index in [1.807, 2.05) is 30.3 Å². The largest absolute Gasteiger partial charge is 0.392 e. The Hall–Kier alpha value is -2.17. The molecule has 82 valence electrons. The Balaban J connectivity index is 2.08. The molecule has 1 heterocycles. The number of nitrogens with zero attached hydrogens (tertiary/aromatic N) is 2. The van der Waals surface area contributed by atoms with Crippen LogP contribution in [0.5, 0.6) is 0 Å². The molecule has 1 aromatic heterocycles. The Kier molecular flexibility index (Phi) is 2.95. The maximum atomic E-state index is 13.0. The van der Waals surface area contributed by atoms with E-state index in [0.29, 0.717) is 12.4 Å². The number of halogens is 1. The third-order valence-corrected chi connectivity index (χ3v) is 2.14. The molecule has 1 aromatic carbocycles. The molecule has 0 aliphatic rings. The van der Waals surface area contributed by atoms with Gasteiger partial charge in [0.2, 0.25) is 5.95 Å². The van der Waals surface area contributed by atoms with Gasteiger partial charge in [0.25, 0.3) is 0 Å². The SMILES string of the molecule is Nc1c(F)ncnc1NCc1ccccc1. The molecule has 0 bridgehead atoms. The zero-order chi connectivity index (χ0) is 11.4. The molecular formula is C11H11FN4. The fraction of sp³-hybridized carbons (Fsp3) is 0.0909. The molecule has 2 rings (SSSR count). The van der Waals surface area contributed by atoms with Crippen LogP contribution in [-0.2, 0) is 6.54 Å². The van der Waals surface area contributed by atoms with Crippen LogP contribution in [0.1, 0.15) is 5.56 Å². The highest BCUT2D eigenvalue weighted by molar-refractivity contribution is 5.59. The van der Waals surface area contributed by atoms with Gasteiger partial charge in [-0.2, -0.15) is 4.39 Å². The van der Waals surface area contributed by atoms with E-state index >= 15 is 0 Å². The second kappa shape index (κ2) is 4.57. The predicted octanol–water partition coefficient (Wildman–Crippen LogP) is 1.81. The van der Waals surface area contributed by atoms with Crippen LogP contribution >= 0.6 is 0 Å². The Bertz CT molecular complexity index is 473. The number of nitrogen functional groups attached to an aromatic ring is 1. The van der Waals surface area contributed by atoms with Gasteiger partial charge in [-0.05, 0) is 5.56 Å². The average molecular weight is 218 g/mol. The summed E-state index contributed by atoms with van der Waals surface area (Å²) in [6, 6.07) is 9.71. The first-order valence-corrected chi connectivity index (χ1v) is 4.81. The maximum absolute atomic E-state index is 13.0. The summed E-state index contributed by atoms with van der Waals surface area (Å²) in [5.41, 5.74) is 6.50. The third kappa shape index (κ3) is 2.25. The van der Waals surface area contributed by atoms with Gasteiger partial charge in [0.15, 0.2) is 5.82 Å². The summed E-state index contributed by atoms with van der Waals surface area (Å²) in [6.45, 7) is 0.543. The second-order valence-corrected chi connectivity index (χ2v) is 3.27. The van der Waals surface area contributed by atoms with Crippen LogP contribution in [0, 0.1) is 5.95 Å². The molecule has 0 radical (unpaired) electrons. The lowest BCUT2D eigenvalue weighted by Gasteiger charge is -2.07. The van der Waals surface area contributed by atoms with Crippen molar-refractivity contribution in [3.63, 3.8) is 0 Å². The molecular weight excluding hydrogens is 207 g/mol. The van der Waals surface area contributed by atoms with E-state index in [4.69, 9.17) is 5.73 Å². The molecule has 0 aliphatic heterocycles. The fourth-order valence-corrected chi connectivity index (χ4v) is 1.30. The van der Waals surface area contributed by atoms with Gasteiger partial charge in [0.05, 0.1) is 0 Å². The Labute approximate surface area is 92.3 Å². The molecule has 0 unspecified atom stereocenters. The van der Waals surface area contributed by atoms with Gasteiger partial charge in [-0.15, -0.1) is 0 Å². The minimum Gasteiger partial charge on any atom is -0.392 e. The Morgan fingerprint density at radius 3 is 2.69 bits per heavy atom. The molecule has 5 heteroatoms. The number of benzene rings is 1. The molecule has 16 heavy (non-hydrogen) atoms. The number of hydrogen-bond acceptors (Lipinski definition) is 4. The average Bonchev–Trinajstić information content (AvgIpc) is 2.32. The number of anilines is 2. The van der Waals surface area contributed by atoms with Crippen LogP contribution < -0.4 is 11.1 Å². The summed E-state index contributed by atoms with van der Waals surface area (Å²) < 4.78 is 13.0. The van der Waals surface area contributed by atoms with Crippen molar-refractivity contribution < 1.29 is 4.39 Å². The smallest absolute Gasteiger partial charge is 0.241 e. The van der Waals surface area contributed by atoms with Gasteiger partial charge in [0.1, 0.15) is 12.0 Å². The second-order valence-electron chi connectivity index (χ2n) is 3.27. The van der Waals surface area contributed by atoms with Gasteiger partial charge in [-0.1, -0.05) is 30.3 Å². The molecule has 0 fully saturated rings. The summed E-state index contributed by atoms with van der Waals surface area (Å²) >= 11 is 0. The quantitative estimate of drug-likeness (QED) is 0.771. The van der Waals surface area contributed by atoms with Crippen LogP contribution in [0.15, 0.2) is 36.7 Å². The van der Waals surface area contributed by atoms with Crippen LogP contribution in [0.3, 0.4) is 0 Å². The van der Waals surface area contributed by atoms with E-state index in [1.54, 1.807) is 0 Å². The van der Waals surface area contributed by atoms with Crippen molar-refractivity contribution in [1.82, 2.24) is 9.97 Å². The summed E-state index contributed by atoms with van der Waals surface area (Å²) in [6.07, 6.45) is 1.14. The van der Waals surface area contributed by atoms with E-state index in [9.17, 15) is 4.39 Å². The van der Waals surface area contributed by atoms with Crippen molar-refractivity contribution in [3.05, 3.63) is 48.2 Å². The number of rotatable bonds is 3. The molecule has 3 N–H and O–H groups in total. The zero-order valence-corrected chi connectivity index (χ0v) is 8.52. The number of nitrogens with two attached hydrogens (primary N) is 1. The van der Waals surface area contributed by atoms with Crippen LogP contribution in [0.2, 0.25) is 0 Å². The van der Waals surface area contributed by atoms with Gasteiger partial charge < -0.3 is 11.1 Å². The van der Waals surface area contributed by atoms with Crippen molar-refractivity contribution >= 4 is 11.5 Å². The number of hydrogen-bond donors (Lipinski definition) is 2. The topological polar surface area (TPSA) is 63.8 Å². The molecule has 0 atom stereocenters. The van der Waals surface area contributed by atoms with Gasteiger partial charge in [-0.25, -0.2) is 9.97 Å². The lowest BCUT2D eigenvalue weighted by Crippen LogP contribution is -2.07. The first kappa shape index (κ1) is 10.4. The molecule has 0 amide bonds. The van der Waals surface area contributed by atoms with Crippen molar-refractivity contribution in [3.8, 4) is 0 Å². The van der Waals surface area contributed by atoms with E-state index < -0.39 is 5.95 Å². The van der Waals surface area contributed by atoms with Gasteiger partial charge in [0, 0.05) is 6.54 Å². The van der Waals surface area contributed by atoms with E-state index in [2.05, 4.69) is 15.3 Å². The van der Waals surface area contributed by atoms with Crippen LogP contribution in [0.4, 0.5) is 15.9 Å². The fourth-order valence-electron chi connectivity index (χ4n) is 1.30. The van der Waals surface area contributed by atoms with E-state index in [-0.39, 0.29) is 5.69 Å². The highest BCUT2D eigenvalue weighted by atomic mass is 19.1. The first-order valence-electron chi connectivity index (χ1n) is 4.81. The monoisotopic (exact) mass is 218 g/mol. The minimum atomic E-state index is -0.703. The number of aromatic nitrogens is 2. The minimum absolute atomic E-state index is 0.0570.